The zero-order valence-electron chi connectivity index (χ0n) is 22.9. The zero-order chi connectivity index (χ0) is 31.1. The molecule has 18 nitrogen and oxygen atoms in total. The van der Waals surface area contributed by atoms with Gasteiger partial charge >= 0.3 is 19.9 Å². The Morgan fingerprint density at radius 2 is 1.80 bits per heavy atom. The maximum Gasteiger partial charge on any atom is 0.328 e. The molecule has 236 valence electrons. The smallest absolute Gasteiger partial charge is 0.328 e. The van der Waals surface area contributed by atoms with Crippen LogP contribution in [0.4, 0.5) is 10.2 Å². The molecule has 1 aliphatic carbocycles. The minimum absolute atomic E-state index is 0.0429. The molecule has 2 bridgehead atoms. The maximum atomic E-state index is 16.1. The number of halogens is 1. The van der Waals surface area contributed by atoms with Crippen LogP contribution >= 0.6 is 14.3 Å². The Bertz CT molecular complexity index is 1920. The molecule has 3 aliphatic rings. The van der Waals surface area contributed by atoms with Gasteiger partial charge in [-0.3, -0.25) is 18.5 Å². The number of nitrogen functional groups attached to an aromatic ring is 1. The number of aryl methyl sites for hydroxylation is 1. The van der Waals surface area contributed by atoms with Crippen molar-refractivity contribution < 1.29 is 41.8 Å². The lowest BCUT2D eigenvalue weighted by atomic mass is 10.1. The fourth-order valence-electron chi connectivity index (χ4n) is 5.89. The van der Waals surface area contributed by atoms with E-state index < -0.39 is 75.4 Å². The molecular formula is C22H26FN9O9P2S. The normalized spacial score (nSPS) is 38.0. The van der Waals surface area contributed by atoms with Gasteiger partial charge in [-0.25, -0.2) is 24.3 Å². The van der Waals surface area contributed by atoms with Crippen molar-refractivity contribution in [1.82, 2.24) is 38.6 Å². The van der Waals surface area contributed by atoms with E-state index in [-0.39, 0.29) is 28.9 Å². The first kappa shape index (κ1) is 29.9. The highest BCUT2D eigenvalue weighted by molar-refractivity contribution is 8.07. The van der Waals surface area contributed by atoms with Crippen molar-refractivity contribution in [3.63, 3.8) is 0 Å². The first-order valence-corrected chi connectivity index (χ1v) is 17.8. The Morgan fingerprint density at radius 1 is 1.05 bits per heavy atom. The summed E-state index contributed by atoms with van der Waals surface area (Å²) in [5.74, 6) is 0.0762. The Kier molecular flexibility index (Phi) is 7.24. The number of aliphatic hydroxyl groups excluding tert-OH is 1. The number of hydrogen-bond donors (Lipinski definition) is 3. The molecule has 1 saturated carbocycles. The van der Waals surface area contributed by atoms with Crippen molar-refractivity contribution in [2.75, 3.05) is 19.0 Å². The number of rotatable bonds is 2. The average Bonchev–Trinajstić information content (AvgIpc) is 3.72. The van der Waals surface area contributed by atoms with Crippen LogP contribution in [0.5, 0.6) is 0 Å². The van der Waals surface area contributed by atoms with E-state index in [1.807, 2.05) is 0 Å². The van der Waals surface area contributed by atoms with Gasteiger partial charge in [0.25, 0.3) is 0 Å². The van der Waals surface area contributed by atoms with Crippen LogP contribution in [0.15, 0.2) is 30.1 Å². The summed E-state index contributed by atoms with van der Waals surface area (Å²) in [4.78, 5) is 43.5. The zero-order valence-corrected chi connectivity index (χ0v) is 25.5. The molecule has 2 saturated heterocycles. The van der Waals surface area contributed by atoms with Crippen LogP contribution in [0.3, 0.4) is 0 Å². The van der Waals surface area contributed by atoms with Crippen molar-refractivity contribution in [2.45, 2.75) is 55.4 Å². The fraction of sp³-hybridized carbons (Fsp3) is 0.545. The number of ether oxygens (including phenoxy) is 1. The summed E-state index contributed by atoms with van der Waals surface area (Å²) >= 11 is 5.27. The molecule has 2 unspecified atom stereocenters. The van der Waals surface area contributed by atoms with Crippen molar-refractivity contribution in [3.8, 4) is 0 Å². The number of nitrogens with zero attached hydrogens (tertiary/aromatic N) is 8. The van der Waals surface area contributed by atoms with E-state index in [4.69, 9.17) is 40.4 Å². The van der Waals surface area contributed by atoms with E-state index >= 15 is 4.39 Å². The van der Waals surface area contributed by atoms with Crippen LogP contribution in [-0.2, 0) is 46.3 Å². The van der Waals surface area contributed by atoms with E-state index in [1.54, 1.807) is 16.2 Å². The predicted octanol–water partition coefficient (Wildman–Crippen LogP) is 0.319. The van der Waals surface area contributed by atoms with Crippen molar-refractivity contribution in [1.29, 1.82) is 0 Å². The molecule has 0 spiro atoms. The van der Waals surface area contributed by atoms with E-state index in [1.165, 1.54) is 29.9 Å². The van der Waals surface area contributed by atoms with Crippen LogP contribution in [0, 0.1) is 0 Å². The highest BCUT2D eigenvalue weighted by Gasteiger charge is 2.54. The first-order chi connectivity index (χ1) is 20.8. The van der Waals surface area contributed by atoms with Gasteiger partial charge in [0.1, 0.15) is 48.2 Å². The van der Waals surface area contributed by atoms with Gasteiger partial charge in [-0.05, 0) is 11.8 Å². The lowest BCUT2D eigenvalue weighted by Gasteiger charge is -2.31. The van der Waals surface area contributed by atoms with Gasteiger partial charge in [0.2, 0.25) is 0 Å². The molecule has 4 N–H and O–H groups in total. The molecule has 44 heavy (non-hydrogen) atoms. The maximum absolute atomic E-state index is 16.1. The van der Waals surface area contributed by atoms with Gasteiger partial charge in [-0.15, -0.1) is 0 Å². The van der Waals surface area contributed by atoms with Gasteiger partial charge in [-0.2, -0.15) is 4.98 Å². The summed E-state index contributed by atoms with van der Waals surface area (Å²) in [6.45, 7) is -3.54. The molecule has 0 aromatic carbocycles. The van der Waals surface area contributed by atoms with Gasteiger partial charge in [0.15, 0.2) is 29.4 Å². The van der Waals surface area contributed by atoms with E-state index in [2.05, 4.69) is 24.9 Å². The Hall–Kier alpha value is -2.77. The molecule has 22 heteroatoms. The summed E-state index contributed by atoms with van der Waals surface area (Å²) in [6, 6.07) is -0.829. The SMILES string of the molecule is Cn1cnc(=O)c2ncn([C@@H]3C[C@@H]4OP(C)(=O)O[C@H]5[C@@H](F)[C@H](n6cnc7c(N)ncnc76)O[C@@H]5COP(O)(=S)O[C@@H]3[C@@H]4O)c21. The monoisotopic (exact) mass is 673 g/mol. The van der Waals surface area contributed by atoms with Crippen molar-refractivity contribution >= 4 is 54.3 Å². The second-order valence-electron chi connectivity index (χ2n) is 10.7. The summed E-state index contributed by atoms with van der Waals surface area (Å²) in [5.41, 5.74) is 6.10. The highest BCUT2D eigenvalue weighted by Crippen LogP contribution is 2.57. The number of imidazole rings is 2. The van der Waals surface area contributed by atoms with Gasteiger partial charge in [0.05, 0.1) is 31.4 Å². The fourth-order valence-corrected chi connectivity index (χ4v) is 8.79. The number of aliphatic hydroxyl groups is 1. The second kappa shape index (κ2) is 10.7. The molecule has 0 amide bonds. The lowest BCUT2D eigenvalue weighted by Crippen LogP contribution is -2.37. The van der Waals surface area contributed by atoms with Crippen LogP contribution in [0.25, 0.3) is 22.3 Å². The third-order valence-corrected chi connectivity index (χ3v) is 10.6. The van der Waals surface area contributed by atoms with Gasteiger partial charge < -0.3 is 43.2 Å². The van der Waals surface area contributed by atoms with Gasteiger partial charge in [0, 0.05) is 20.1 Å². The third kappa shape index (κ3) is 4.99. The molecule has 3 fully saturated rings. The third-order valence-electron chi connectivity index (χ3n) is 7.81. The lowest BCUT2D eigenvalue weighted by molar-refractivity contribution is -0.0557. The molecule has 6 heterocycles. The summed E-state index contributed by atoms with van der Waals surface area (Å²) in [5, 5.41) is 11.3. The molecule has 7 rings (SSSR count). The summed E-state index contributed by atoms with van der Waals surface area (Å²) in [6.07, 6.45) is -5.01. The number of aromatic nitrogens is 8. The van der Waals surface area contributed by atoms with Crippen LogP contribution in [0.1, 0.15) is 18.7 Å². The molecule has 4 aromatic heterocycles. The number of anilines is 1. The number of hydrogen-bond acceptors (Lipinski definition) is 15. The molecule has 0 radical (unpaired) electrons. The minimum Gasteiger partial charge on any atom is -0.388 e. The molecule has 10 atom stereocenters. The van der Waals surface area contributed by atoms with Crippen LogP contribution < -0.4 is 11.3 Å². The number of nitrogens with two attached hydrogens (primary N) is 1. The van der Waals surface area contributed by atoms with Crippen molar-refractivity contribution in [3.05, 3.63) is 35.7 Å². The largest absolute Gasteiger partial charge is 0.388 e. The molecule has 4 aromatic rings. The van der Waals surface area contributed by atoms with Crippen LogP contribution in [0.2, 0.25) is 0 Å². The number of alkyl halides is 1. The second-order valence-corrected chi connectivity index (χ2v) is 15.4. The Balaban J connectivity index is 1.22. The van der Waals surface area contributed by atoms with Crippen molar-refractivity contribution in [2.24, 2.45) is 7.05 Å². The highest BCUT2D eigenvalue weighted by atomic mass is 32.5. The minimum atomic E-state index is -4.15. The quantitative estimate of drug-likeness (QED) is 0.244. The summed E-state index contributed by atoms with van der Waals surface area (Å²) in [7, 11) is -2.48. The van der Waals surface area contributed by atoms with E-state index in [0.717, 1.165) is 6.66 Å². The van der Waals surface area contributed by atoms with Gasteiger partial charge in [-0.1, -0.05) is 0 Å². The standard InChI is InChI=1S/C22H26FN9O9P2S/c1-30-6-29-20(34)14-21(30)31(7-28-14)9-3-10-15(33)16(9)41-43(36,44)37-4-11-17(40-42(2,35)39-10)12(23)22(38-11)32-8-27-13-18(24)25-5-26-19(13)32/h5-12,15-17,22,33H,3-4H2,1-2H3,(H,36,44)(H2,24,25,26)/t9-,10+,11-,12-,15-,16+,17-,22-,42?,43?/m1/s1. The number of fused-ring (bicyclic) bond motifs is 5. The topological polar surface area (TPSA) is 226 Å². The van der Waals surface area contributed by atoms with E-state index in [0.29, 0.717) is 5.65 Å². The Morgan fingerprint density at radius 3 is 2.59 bits per heavy atom. The average molecular weight is 674 g/mol. The van der Waals surface area contributed by atoms with Crippen LogP contribution in [-0.4, -0.2) is 98.6 Å². The molecule has 2 aliphatic heterocycles. The predicted molar refractivity (Wildman–Crippen MR) is 152 cm³/mol. The summed E-state index contributed by atoms with van der Waals surface area (Å²) < 4.78 is 63.1. The Labute approximate surface area is 251 Å². The first-order valence-electron chi connectivity index (χ1n) is 13.2. The van der Waals surface area contributed by atoms with E-state index in [9.17, 15) is 19.4 Å². The molecular weight excluding hydrogens is 647 g/mol.